The van der Waals surface area contributed by atoms with Crippen molar-refractivity contribution in [2.45, 2.75) is 58.7 Å². The van der Waals surface area contributed by atoms with Gasteiger partial charge in [-0.05, 0) is 146 Å². The number of fused-ring (bicyclic) bond motifs is 10. The standard InChI is InChI=1S/C96H40F24N12S6/c97-67-61(68(98)80(110)91(79(67)109)133-37-13-25-121-26-14-37)55-43-1-2-44(127-43)56(62-69(99)81(111)92(82(112)70(62)100)134-38-15-27-122-28-16-38)46-5-6-48(129-46)58(64-73(103)85(115)94(86(116)74(64)104)136-40-19-31-124-32-20-40)50-9-10-52(131-50)60(66-77(107)89(119)96(90(120)78(66)108)138-42-23-35-126-36-24-42)54-12-11-53(132-54)59(65-75(105)87(117)95(88(118)76(65)106)137-41-21-33-125-34-22-41)51-8-7-49(130-51)57(47-4-3-45(55)128-47)63-71(101)83(113)93(84(114)72(63)102)135-39-17-29-123-30-18-39/h1-36,127-128,131-132H. The molecule has 0 radical (unpaired) electrons. The van der Waals surface area contributed by atoms with Crippen molar-refractivity contribution in [1.82, 2.24) is 49.8 Å². The summed E-state index contributed by atoms with van der Waals surface area (Å²) in [6.07, 6.45) is 16.1. The highest BCUT2D eigenvalue weighted by Crippen LogP contribution is 2.50. The van der Waals surface area contributed by atoms with Crippen molar-refractivity contribution in [3.8, 4) is 0 Å². The van der Waals surface area contributed by atoms with Crippen LogP contribution < -0.4 is 21.4 Å². The number of rotatable bonds is 18. The Balaban J connectivity index is 0.984. The third-order valence-electron chi connectivity index (χ3n) is 21.3. The van der Waals surface area contributed by atoms with Gasteiger partial charge in [-0.3, -0.25) is 29.9 Å². The minimum absolute atomic E-state index is 0.0971. The Labute approximate surface area is 783 Å². The molecule has 0 spiro atoms. The maximum atomic E-state index is 18.1. The summed E-state index contributed by atoms with van der Waals surface area (Å²) >= 11 is 0.591. The minimum atomic E-state index is -2.35. The molecule has 3 aliphatic rings. The predicted octanol–water partition coefficient (Wildman–Crippen LogP) is 23.8. The van der Waals surface area contributed by atoms with Gasteiger partial charge >= 0.3 is 0 Å². The second-order valence-corrected chi connectivity index (χ2v) is 35.8. The molecule has 0 saturated carbocycles. The summed E-state index contributed by atoms with van der Waals surface area (Å²) in [5, 5.41) is -3.96. The van der Waals surface area contributed by atoms with E-state index in [1.165, 1.54) is 0 Å². The van der Waals surface area contributed by atoms with Crippen molar-refractivity contribution in [2.75, 3.05) is 0 Å². The van der Waals surface area contributed by atoms with Crippen LogP contribution in [0.3, 0.4) is 0 Å². The van der Waals surface area contributed by atoms with Crippen molar-refractivity contribution in [1.29, 1.82) is 0 Å². The molecule has 16 aromatic rings. The summed E-state index contributed by atoms with van der Waals surface area (Å²) in [5.41, 5.74) is -27.0. The third-order valence-corrected chi connectivity index (χ3v) is 27.7. The molecule has 138 heavy (non-hydrogen) atoms. The van der Waals surface area contributed by atoms with Crippen molar-refractivity contribution < 1.29 is 105 Å². The van der Waals surface area contributed by atoms with Gasteiger partial charge in [-0.15, -0.1) is 0 Å². The molecule has 0 amide bonds. The van der Waals surface area contributed by atoms with Gasteiger partial charge in [0.25, 0.3) is 0 Å². The Hall–Kier alpha value is -14.5. The highest BCUT2D eigenvalue weighted by Gasteiger charge is 2.41. The van der Waals surface area contributed by atoms with Crippen LogP contribution in [0.1, 0.15) is 56.2 Å². The Morgan fingerprint density at radius 1 is 0.167 bits per heavy atom. The highest BCUT2D eigenvalue weighted by atomic mass is 32.2. The summed E-state index contributed by atoms with van der Waals surface area (Å²) in [6.45, 7) is 0. The topological polar surface area (TPSA) is 165 Å². The molecule has 42 heteroatoms. The van der Waals surface area contributed by atoms with Crippen LogP contribution in [0.25, 0.3) is 33.4 Å². The van der Waals surface area contributed by atoms with Crippen LogP contribution in [0.15, 0.2) is 300 Å². The van der Waals surface area contributed by atoms with Gasteiger partial charge in [0, 0.05) is 181 Å². The van der Waals surface area contributed by atoms with E-state index in [4.69, 9.17) is 0 Å². The van der Waals surface area contributed by atoms with E-state index < -0.39 is 303 Å². The van der Waals surface area contributed by atoms with Crippen molar-refractivity contribution >= 4 is 115 Å². The maximum Gasteiger partial charge on any atom is 0.176 e. The van der Waals surface area contributed by atoms with Gasteiger partial charge in [0.1, 0.15) is 0 Å². The van der Waals surface area contributed by atoms with Crippen LogP contribution in [-0.4, -0.2) is 61.3 Å². The lowest BCUT2D eigenvalue weighted by Gasteiger charge is -2.16. The zero-order valence-electron chi connectivity index (χ0n) is 67.9. The third kappa shape index (κ3) is 16.5. The average molecular weight is 2010 g/mol. The molecule has 6 aromatic carbocycles. The molecule has 0 fully saturated rings. The maximum absolute atomic E-state index is 18.1. The molecule has 12 nitrogen and oxygen atoms in total. The van der Waals surface area contributed by atoms with Crippen molar-refractivity contribution in [3.63, 3.8) is 0 Å². The van der Waals surface area contributed by atoms with Gasteiger partial charge in [-0.1, -0.05) is 70.6 Å². The smallest absolute Gasteiger partial charge is 0.176 e. The number of halogens is 24. The lowest BCUT2D eigenvalue weighted by atomic mass is 9.98. The van der Waals surface area contributed by atoms with E-state index in [1.54, 1.807) is 0 Å². The van der Waals surface area contributed by atoms with Crippen LogP contribution >= 0.6 is 70.6 Å². The Morgan fingerprint density at radius 3 is 0.529 bits per heavy atom. The van der Waals surface area contributed by atoms with E-state index >= 15 is 105 Å². The molecule has 12 bridgehead atoms. The second-order valence-electron chi connectivity index (χ2n) is 29.3. The van der Waals surface area contributed by atoms with Crippen LogP contribution in [0.5, 0.6) is 0 Å². The highest BCUT2D eigenvalue weighted by molar-refractivity contribution is 8.00. The van der Waals surface area contributed by atoms with E-state index in [0.717, 1.165) is 147 Å². The van der Waals surface area contributed by atoms with Crippen LogP contribution in [0.2, 0.25) is 0 Å². The number of aromatic amines is 4. The predicted molar refractivity (Wildman–Crippen MR) is 463 cm³/mol. The number of aromatic nitrogens is 10. The summed E-state index contributed by atoms with van der Waals surface area (Å²) in [7, 11) is 0. The first-order chi connectivity index (χ1) is 66.5. The summed E-state index contributed by atoms with van der Waals surface area (Å²) in [4.78, 5) is 32.9. The zero-order chi connectivity index (χ0) is 96.8. The van der Waals surface area contributed by atoms with Crippen LogP contribution in [-0.2, 0) is 0 Å². The Kier molecular flexibility index (Phi) is 25.2. The molecular weight excluding hydrogens is 1970 g/mol. The Morgan fingerprint density at radius 2 is 0.333 bits per heavy atom. The summed E-state index contributed by atoms with van der Waals surface area (Å²) in [5.74, 6) is -54.5. The number of nitrogens with one attached hydrogen (secondary N) is 4. The molecule has 0 aliphatic carbocycles. The first-order valence-electron chi connectivity index (χ1n) is 39.4. The first-order valence-corrected chi connectivity index (χ1v) is 44.3. The lowest BCUT2D eigenvalue weighted by Crippen LogP contribution is -2.22. The van der Waals surface area contributed by atoms with E-state index in [1.807, 2.05) is 0 Å². The van der Waals surface area contributed by atoms with Gasteiger partial charge in [0.15, 0.2) is 140 Å². The minimum Gasteiger partial charge on any atom is -0.354 e. The van der Waals surface area contributed by atoms with Crippen LogP contribution in [0, 0.1) is 140 Å². The van der Waals surface area contributed by atoms with Crippen molar-refractivity contribution in [3.05, 3.63) is 449 Å². The SMILES string of the molecule is Fc1c(F)c(C2=C3C=CC(=N3)C(c3c(F)c(F)c(Sc4ccncc4)c(F)c3F)=c3ccc([nH]3)=C(c3c(F)c(F)c(Sc4ccncc4)c(F)c3F)c3ccc([nH]3)C(c3c(F)c(F)c(Sc4ccncc4)c(F)c3F)=C3C=CC(=N3)C(c3c(F)c(F)c(Sc4ccncc4)c(F)c3F)=c3ccc([nH]3)=C(c3c(F)c(F)c(Sc4ccncc4)c(F)c3F)c3ccc2[nH]3)c(F)c(F)c1Sc1ccncc1. The zero-order valence-corrected chi connectivity index (χ0v) is 72.8. The summed E-state index contributed by atoms with van der Waals surface area (Å²) in [6, 6.07) is 19.5. The lowest BCUT2D eigenvalue weighted by molar-refractivity contribution is 0.422. The molecule has 19 rings (SSSR count). The molecular formula is C96H40F24N12S6. The van der Waals surface area contributed by atoms with Crippen LogP contribution in [0.4, 0.5) is 105 Å². The van der Waals surface area contributed by atoms with Gasteiger partial charge < -0.3 is 19.9 Å². The molecule has 688 valence electrons. The summed E-state index contributed by atoms with van der Waals surface area (Å²) < 4.78 is 425. The van der Waals surface area contributed by atoms with Crippen molar-refractivity contribution in [2.24, 2.45) is 9.98 Å². The van der Waals surface area contributed by atoms with Gasteiger partial charge in [-0.2, -0.15) is 0 Å². The number of allylic oxidation sites excluding steroid dienone is 4. The number of pyridine rings is 6. The van der Waals surface area contributed by atoms with E-state index in [2.05, 4.69) is 59.8 Å². The van der Waals surface area contributed by atoms with E-state index in [-0.39, 0.29) is 99.9 Å². The number of aliphatic imine (C=N–C) groups is 2. The first kappa shape index (κ1) is 92.6. The second kappa shape index (κ2) is 37.6. The quantitative estimate of drug-likeness (QED) is 0.0475. The molecule has 13 heterocycles. The molecule has 10 aromatic heterocycles. The fraction of sp³-hybridized carbons (Fsp3) is 0. The van der Waals surface area contributed by atoms with E-state index in [0.29, 0.717) is 72.8 Å². The average Bonchev–Trinajstić information content (AvgIpc) is 1.57. The monoisotopic (exact) mass is 2010 g/mol. The Bertz CT molecular complexity index is 7660. The van der Waals surface area contributed by atoms with E-state index in [9.17, 15) is 0 Å². The molecule has 3 aliphatic heterocycles. The fourth-order valence-corrected chi connectivity index (χ4v) is 20.2. The normalized spacial score (nSPS) is 13.3. The number of H-pyrrole nitrogens is 4. The molecule has 0 unspecified atom stereocenters. The van der Waals surface area contributed by atoms with Gasteiger partial charge in [-0.25, -0.2) is 115 Å². The van der Waals surface area contributed by atoms with Gasteiger partial charge in [0.2, 0.25) is 0 Å². The number of benzene rings is 6. The number of nitrogens with zero attached hydrogens (tertiary/aromatic N) is 8. The number of hydrogen-bond donors (Lipinski definition) is 4. The largest absolute Gasteiger partial charge is 0.354 e. The molecule has 0 atom stereocenters. The molecule has 4 N–H and O–H groups in total. The molecule has 0 saturated heterocycles. The van der Waals surface area contributed by atoms with Gasteiger partial charge in [0.05, 0.1) is 85.6 Å². The fourth-order valence-electron chi connectivity index (χ4n) is 15.1. The number of hydrogen-bond acceptors (Lipinski definition) is 14.